The van der Waals surface area contributed by atoms with E-state index in [1.807, 2.05) is 0 Å². The van der Waals surface area contributed by atoms with Gasteiger partial charge in [-0.05, 0) is 74.7 Å². The minimum atomic E-state index is 0.587. The molecule has 18 heavy (non-hydrogen) atoms. The van der Waals surface area contributed by atoms with Crippen LogP contribution in [0, 0.1) is 18.8 Å². The van der Waals surface area contributed by atoms with Crippen molar-refractivity contribution < 1.29 is 0 Å². The summed E-state index contributed by atoms with van der Waals surface area (Å²) in [5, 5.41) is 3.73. The molecule has 0 amide bonds. The van der Waals surface area contributed by atoms with Gasteiger partial charge < -0.3 is 5.32 Å². The molecule has 3 atom stereocenters. The molecule has 0 saturated heterocycles. The maximum Gasteiger partial charge on any atom is 0.0631 e. The Morgan fingerprint density at radius 1 is 1.11 bits per heavy atom. The predicted octanol–water partition coefficient (Wildman–Crippen LogP) is 5.76. The van der Waals surface area contributed by atoms with Crippen LogP contribution >= 0.6 is 31.9 Å². The molecular formula is C15H21Br2N. The Morgan fingerprint density at radius 3 is 2.33 bits per heavy atom. The van der Waals surface area contributed by atoms with Crippen molar-refractivity contribution in [1.82, 2.24) is 0 Å². The SMILES string of the molecule is Cc1cc(Br)c(NC2CCCC(C)C2C)c(Br)c1. The fraction of sp³-hybridized carbons (Fsp3) is 0.600. The second-order valence-corrected chi connectivity index (χ2v) is 7.33. The van der Waals surface area contributed by atoms with Gasteiger partial charge in [0.25, 0.3) is 0 Å². The van der Waals surface area contributed by atoms with Gasteiger partial charge in [0, 0.05) is 15.0 Å². The molecule has 1 aliphatic carbocycles. The summed E-state index contributed by atoms with van der Waals surface area (Å²) in [4.78, 5) is 0. The summed E-state index contributed by atoms with van der Waals surface area (Å²) in [5.41, 5.74) is 2.47. The second kappa shape index (κ2) is 5.96. The van der Waals surface area contributed by atoms with E-state index in [1.165, 1.54) is 30.5 Å². The van der Waals surface area contributed by atoms with Gasteiger partial charge in [-0.2, -0.15) is 0 Å². The molecule has 0 aromatic heterocycles. The molecule has 1 saturated carbocycles. The van der Waals surface area contributed by atoms with Crippen LogP contribution in [0.1, 0.15) is 38.7 Å². The Bertz CT molecular complexity index is 407. The van der Waals surface area contributed by atoms with E-state index >= 15 is 0 Å². The molecule has 1 N–H and O–H groups in total. The summed E-state index contributed by atoms with van der Waals surface area (Å²) >= 11 is 7.33. The highest BCUT2D eigenvalue weighted by Crippen LogP contribution is 2.37. The van der Waals surface area contributed by atoms with Crippen molar-refractivity contribution in [3.8, 4) is 0 Å². The molecule has 1 fully saturated rings. The number of benzene rings is 1. The van der Waals surface area contributed by atoms with Crippen LogP contribution in [0.3, 0.4) is 0 Å². The highest BCUT2D eigenvalue weighted by molar-refractivity contribution is 9.11. The highest BCUT2D eigenvalue weighted by Gasteiger charge is 2.27. The Hall–Kier alpha value is -0.0200. The zero-order chi connectivity index (χ0) is 13.3. The number of hydrogen-bond donors (Lipinski definition) is 1. The molecule has 2 rings (SSSR count). The van der Waals surface area contributed by atoms with Gasteiger partial charge in [-0.3, -0.25) is 0 Å². The zero-order valence-electron chi connectivity index (χ0n) is 11.3. The molecule has 0 spiro atoms. The largest absolute Gasteiger partial charge is 0.380 e. The van der Waals surface area contributed by atoms with Crippen LogP contribution in [0.5, 0.6) is 0 Å². The molecule has 0 aliphatic heterocycles. The van der Waals surface area contributed by atoms with Crippen LogP contribution in [-0.2, 0) is 0 Å². The van der Waals surface area contributed by atoms with Crippen LogP contribution in [0.2, 0.25) is 0 Å². The van der Waals surface area contributed by atoms with Gasteiger partial charge in [-0.15, -0.1) is 0 Å². The fourth-order valence-electron chi connectivity index (χ4n) is 2.81. The number of anilines is 1. The van der Waals surface area contributed by atoms with Gasteiger partial charge >= 0.3 is 0 Å². The average molecular weight is 375 g/mol. The fourth-order valence-corrected chi connectivity index (χ4v) is 4.45. The number of aryl methyl sites for hydroxylation is 1. The standard InChI is InChI=1S/C15H21Br2N/c1-9-7-12(16)15(13(17)8-9)18-14-6-4-5-10(2)11(14)3/h7-8,10-11,14,18H,4-6H2,1-3H3. The first-order chi connectivity index (χ1) is 8.49. The van der Waals surface area contributed by atoms with Crippen LogP contribution in [-0.4, -0.2) is 6.04 Å². The molecular weight excluding hydrogens is 354 g/mol. The first-order valence-electron chi connectivity index (χ1n) is 6.71. The lowest BCUT2D eigenvalue weighted by atomic mass is 9.78. The van der Waals surface area contributed by atoms with Crippen molar-refractivity contribution in [2.24, 2.45) is 11.8 Å². The Balaban J connectivity index is 2.18. The Kier molecular flexibility index (Phi) is 4.76. The zero-order valence-corrected chi connectivity index (χ0v) is 14.4. The van der Waals surface area contributed by atoms with E-state index in [0.717, 1.165) is 20.8 Å². The number of rotatable bonds is 2. The number of halogens is 2. The van der Waals surface area contributed by atoms with E-state index in [9.17, 15) is 0 Å². The molecule has 1 aliphatic rings. The molecule has 1 aromatic carbocycles. The van der Waals surface area contributed by atoms with Gasteiger partial charge in [0.05, 0.1) is 5.69 Å². The lowest BCUT2D eigenvalue weighted by Crippen LogP contribution is -2.35. The predicted molar refractivity (Wildman–Crippen MR) is 86.2 cm³/mol. The lowest BCUT2D eigenvalue weighted by Gasteiger charge is -2.35. The van der Waals surface area contributed by atoms with Crippen LogP contribution in [0.15, 0.2) is 21.1 Å². The van der Waals surface area contributed by atoms with Crippen molar-refractivity contribution in [3.63, 3.8) is 0 Å². The molecule has 1 aromatic rings. The van der Waals surface area contributed by atoms with Crippen molar-refractivity contribution in [2.75, 3.05) is 5.32 Å². The first-order valence-corrected chi connectivity index (χ1v) is 8.30. The van der Waals surface area contributed by atoms with Crippen LogP contribution in [0.4, 0.5) is 5.69 Å². The molecule has 0 bridgehead atoms. The molecule has 0 heterocycles. The smallest absolute Gasteiger partial charge is 0.0631 e. The molecule has 0 radical (unpaired) electrons. The second-order valence-electron chi connectivity index (χ2n) is 5.62. The monoisotopic (exact) mass is 373 g/mol. The lowest BCUT2D eigenvalue weighted by molar-refractivity contribution is 0.253. The molecule has 100 valence electrons. The van der Waals surface area contributed by atoms with Gasteiger partial charge in [0.2, 0.25) is 0 Å². The summed E-state index contributed by atoms with van der Waals surface area (Å²) in [7, 11) is 0. The molecule has 3 unspecified atom stereocenters. The van der Waals surface area contributed by atoms with E-state index < -0.39 is 0 Å². The topological polar surface area (TPSA) is 12.0 Å². The van der Waals surface area contributed by atoms with E-state index in [4.69, 9.17) is 0 Å². The number of hydrogen-bond acceptors (Lipinski definition) is 1. The quantitative estimate of drug-likeness (QED) is 0.694. The van der Waals surface area contributed by atoms with E-state index in [2.05, 4.69) is 70.1 Å². The highest BCUT2D eigenvalue weighted by atomic mass is 79.9. The molecule has 1 nitrogen and oxygen atoms in total. The summed E-state index contributed by atoms with van der Waals surface area (Å²) in [6.45, 7) is 6.86. The van der Waals surface area contributed by atoms with Crippen molar-refractivity contribution in [1.29, 1.82) is 0 Å². The Morgan fingerprint density at radius 2 is 1.72 bits per heavy atom. The van der Waals surface area contributed by atoms with E-state index in [-0.39, 0.29) is 0 Å². The van der Waals surface area contributed by atoms with E-state index in [1.54, 1.807) is 0 Å². The maximum absolute atomic E-state index is 3.73. The molecule has 3 heteroatoms. The van der Waals surface area contributed by atoms with Crippen molar-refractivity contribution in [3.05, 3.63) is 26.6 Å². The summed E-state index contributed by atoms with van der Waals surface area (Å²) in [6.07, 6.45) is 3.98. The van der Waals surface area contributed by atoms with Crippen molar-refractivity contribution >= 4 is 37.5 Å². The van der Waals surface area contributed by atoms with Gasteiger partial charge in [0.15, 0.2) is 0 Å². The summed E-state index contributed by atoms with van der Waals surface area (Å²) in [5.74, 6) is 1.55. The third-order valence-electron chi connectivity index (χ3n) is 4.22. The van der Waals surface area contributed by atoms with Gasteiger partial charge in [-0.1, -0.05) is 26.7 Å². The average Bonchev–Trinajstić information content (AvgIpc) is 2.28. The van der Waals surface area contributed by atoms with Crippen LogP contribution in [0.25, 0.3) is 0 Å². The van der Waals surface area contributed by atoms with Gasteiger partial charge in [-0.25, -0.2) is 0 Å². The van der Waals surface area contributed by atoms with Crippen molar-refractivity contribution in [2.45, 2.75) is 46.1 Å². The third kappa shape index (κ3) is 3.11. The minimum Gasteiger partial charge on any atom is -0.380 e. The maximum atomic E-state index is 3.73. The minimum absolute atomic E-state index is 0.587. The van der Waals surface area contributed by atoms with Crippen LogP contribution < -0.4 is 5.32 Å². The van der Waals surface area contributed by atoms with E-state index in [0.29, 0.717) is 6.04 Å². The number of nitrogens with one attached hydrogen (secondary N) is 1. The normalized spacial score (nSPS) is 28.2. The first kappa shape index (κ1) is 14.4. The Labute approximate surface area is 127 Å². The summed E-state index contributed by atoms with van der Waals surface area (Å²) in [6, 6.07) is 4.93. The van der Waals surface area contributed by atoms with Gasteiger partial charge in [0.1, 0.15) is 0 Å². The third-order valence-corrected chi connectivity index (χ3v) is 5.47. The summed E-state index contributed by atoms with van der Waals surface area (Å²) < 4.78 is 2.31.